The second-order valence-electron chi connectivity index (χ2n) is 6.84. The van der Waals surface area contributed by atoms with Gasteiger partial charge in [-0.05, 0) is 26.8 Å². The van der Waals surface area contributed by atoms with Crippen molar-refractivity contribution in [1.82, 2.24) is 35.3 Å². The summed E-state index contributed by atoms with van der Waals surface area (Å²) in [6.45, 7) is 10.8. The number of thiazole rings is 1. The molecule has 1 aliphatic rings. The van der Waals surface area contributed by atoms with Gasteiger partial charge in [-0.25, -0.2) is 9.98 Å². The van der Waals surface area contributed by atoms with Crippen LogP contribution in [-0.2, 0) is 24.9 Å². The number of guanidine groups is 1. The molecule has 2 aromatic rings. The monoisotopic (exact) mass is 534 g/mol. The van der Waals surface area contributed by atoms with Gasteiger partial charge in [0, 0.05) is 37.8 Å². The molecule has 0 saturated carbocycles. The van der Waals surface area contributed by atoms with E-state index < -0.39 is 0 Å². The van der Waals surface area contributed by atoms with Gasteiger partial charge in [0.05, 0.1) is 19.8 Å². The highest BCUT2D eigenvalue weighted by Gasteiger charge is 2.10. The van der Waals surface area contributed by atoms with E-state index >= 15 is 0 Å². The number of ether oxygens (including phenoxy) is 1. The van der Waals surface area contributed by atoms with Crippen molar-refractivity contribution in [1.29, 1.82) is 0 Å². The van der Waals surface area contributed by atoms with Gasteiger partial charge in [-0.15, -0.1) is 45.5 Å². The van der Waals surface area contributed by atoms with E-state index in [4.69, 9.17) is 4.74 Å². The van der Waals surface area contributed by atoms with Crippen molar-refractivity contribution in [3.8, 4) is 0 Å². The Balaban J connectivity index is 0.00000300. The number of aryl methyl sites for hydroxylation is 2. The summed E-state index contributed by atoms with van der Waals surface area (Å²) in [5.74, 6) is 2.50. The molecule has 0 radical (unpaired) electrons. The molecular weight excluding hydrogens is 503 g/mol. The molecule has 1 saturated heterocycles. The Morgan fingerprint density at radius 1 is 1.24 bits per heavy atom. The van der Waals surface area contributed by atoms with Crippen molar-refractivity contribution in [2.24, 2.45) is 12.0 Å². The van der Waals surface area contributed by atoms with E-state index in [2.05, 4.69) is 42.6 Å². The first-order valence-corrected chi connectivity index (χ1v) is 10.5. The van der Waals surface area contributed by atoms with Gasteiger partial charge in [-0.2, -0.15) is 0 Å². The number of halogens is 1. The first-order valence-electron chi connectivity index (χ1n) is 9.70. The van der Waals surface area contributed by atoms with Crippen molar-refractivity contribution in [3.63, 3.8) is 0 Å². The third kappa shape index (κ3) is 7.79. The van der Waals surface area contributed by atoms with Gasteiger partial charge >= 0.3 is 0 Å². The number of hydrogen-bond acceptors (Lipinski definition) is 7. The quantitative estimate of drug-likeness (QED) is 0.229. The Kier molecular flexibility index (Phi) is 10.2. The molecule has 0 aromatic carbocycles. The van der Waals surface area contributed by atoms with Crippen molar-refractivity contribution >= 4 is 41.3 Å². The predicted molar refractivity (Wildman–Crippen MR) is 126 cm³/mol. The van der Waals surface area contributed by atoms with Gasteiger partial charge in [0.15, 0.2) is 11.8 Å². The summed E-state index contributed by atoms with van der Waals surface area (Å²) in [6.07, 6.45) is 2.96. The van der Waals surface area contributed by atoms with Crippen LogP contribution in [0.5, 0.6) is 0 Å². The zero-order chi connectivity index (χ0) is 19.8. The van der Waals surface area contributed by atoms with E-state index in [9.17, 15) is 0 Å². The largest absolute Gasteiger partial charge is 0.379 e. The van der Waals surface area contributed by atoms with Crippen LogP contribution in [-0.4, -0.2) is 70.0 Å². The van der Waals surface area contributed by atoms with Crippen LogP contribution in [0.4, 0.5) is 0 Å². The minimum absolute atomic E-state index is 0. The van der Waals surface area contributed by atoms with Crippen LogP contribution in [0.2, 0.25) is 0 Å². The highest BCUT2D eigenvalue weighted by molar-refractivity contribution is 14.0. The molecule has 0 spiro atoms. The first kappa shape index (κ1) is 24.0. The predicted octanol–water partition coefficient (Wildman–Crippen LogP) is 1.46. The molecule has 1 aliphatic heterocycles. The molecule has 162 valence electrons. The Morgan fingerprint density at radius 2 is 2.03 bits per heavy atom. The van der Waals surface area contributed by atoms with E-state index in [1.54, 1.807) is 11.3 Å². The van der Waals surface area contributed by atoms with Crippen LogP contribution in [0.1, 0.15) is 28.0 Å². The number of aliphatic imine (C=N–C) groups is 1. The zero-order valence-corrected chi connectivity index (χ0v) is 20.5. The van der Waals surface area contributed by atoms with Crippen LogP contribution in [0.25, 0.3) is 0 Å². The Morgan fingerprint density at radius 3 is 2.69 bits per heavy atom. The fourth-order valence-corrected chi connectivity index (χ4v) is 3.62. The lowest BCUT2D eigenvalue weighted by Gasteiger charge is -2.26. The maximum atomic E-state index is 5.40. The molecule has 11 heteroatoms. The zero-order valence-electron chi connectivity index (χ0n) is 17.3. The molecule has 29 heavy (non-hydrogen) atoms. The number of nitrogens with one attached hydrogen (secondary N) is 2. The molecule has 0 atom stereocenters. The summed E-state index contributed by atoms with van der Waals surface area (Å²) < 4.78 is 7.36. The second-order valence-corrected chi connectivity index (χ2v) is 8.16. The first-order chi connectivity index (χ1) is 13.6. The van der Waals surface area contributed by atoms with E-state index in [0.717, 1.165) is 68.4 Å². The molecule has 9 nitrogen and oxygen atoms in total. The Bertz CT molecular complexity index is 772. The fraction of sp³-hybridized carbons (Fsp3) is 0.667. The van der Waals surface area contributed by atoms with Gasteiger partial charge in [-0.1, -0.05) is 0 Å². The van der Waals surface area contributed by atoms with Crippen molar-refractivity contribution in [2.75, 3.05) is 39.4 Å². The molecule has 0 amide bonds. The van der Waals surface area contributed by atoms with Crippen LogP contribution < -0.4 is 10.6 Å². The van der Waals surface area contributed by atoms with Crippen molar-refractivity contribution in [3.05, 3.63) is 27.7 Å². The fourth-order valence-electron chi connectivity index (χ4n) is 2.89. The summed E-state index contributed by atoms with van der Waals surface area (Å²) in [5, 5.41) is 16.1. The highest BCUT2D eigenvalue weighted by atomic mass is 127. The molecule has 0 aliphatic carbocycles. The van der Waals surface area contributed by atoms with Crippen LogP contribution in [0, 0.1) is 13.8 Å². The van der Waals surface area contributed by atoms with E-state index in [-0.39, 0.29) is 24.0 Å². The minimum atomic E-state index is 0. The standard InChI is InChI=1S/C18H30N8OS.HI/c1-14-11-20-17(28-14)13-22-18(21-12-16-24-23-15(2)25(16)3)19-5-4-6-26-7-9-27-10-8-26;/h11H,4-10,12-13H2,1-3H3,(H2,19,21,22);1H. The number of rotatable bonds is 8. The van der Waals surface area contributed by atoms with Crippen molar-refractivity contribution < 1.29 is 4.74 Å². The summed E-state index contributed by atoms with van der Waals surface area (Å²) in [5.41, 5.74) is 0. The third-order valence-electron chi connectivity index (χ3n) is 4.68. The maximum Gasteiger partial charge on any atom is 0.192 e. The summed E-state index contributed by atoms with van der Waals surface area (Å²) in [6, 6.07) is 0. The average molecular weight is 534 g/mol. The number of aromatic nitrogens is 4. The SMILES string of the molecule is Cc1cnc(CNC(=NCc2nnc(C)n2C)NCCCN2CCOCC2)s1.I. The number of morpholine rings is 1. The average Bonchev–Trinajstić information content (AvgIpc) is 3.27. The Hall–Kier alpha value is -1.31. The molecule has 3 rings (SSSR count). The molecule has 2 N–H and O–H groups in total. The molecule has 3 heterocycles. The summed E-state index contributed by atoms with van der Waals surface area (Å²) in [4.78, 5) is 12.8. The van der Waals surface area contributed by atoms with Crippen LogP contribution in [0.15, 0.2) is 11.2 Å². The third-order valence-corrected chi connectivity index (χ3v) is 5.60. The second kappa shape index (κ2) is 12.4. The number of hydrogen-bond donors (Lipinski definition) is 2. The van der Waals surface area contributed by atoms with E-state index in [1.165, 1.54) is 4.88 Å². The van der Waals surface area contributed by atoms with Gasteiger partial charge in [0.2, 0.25) is 0 Å². The summed E-state index contributed by atoms with van der Waals surface area (Å²) in [7, 11) is 1.96. The molecule has 0 bridgehead atoms. The lowest BCUT2D eigenvalue weighted by molar-refractivity contribution is 0.0376. The lowest BCUT2D eigenvalue weighted by Crippen LogP contribution is -2.40. The Labute approximate surface area is 193 Å². The molecular formula is C18H31IN8OS. The van der Waals surface area contributed by atoms with E-state index in [0.29, 0.717) is 13.1 Å². The van der Waals surface area contributed by atoms with Crippen molar-refractivity contribution in [2.45, 2.75) is 33.4 Å². The maximum absolute atomic E-state index is 5.40. The van der Waals surface area contributed by atoms with Gasteiger partial charge in [0.1, 0.15) is 17.4 Å². The summed E-state index contributed by atoms with van der Waals surface area (Å²) >= 11 is 1.70. The normalized spacial score (nSPS) is 15.2. The molecule has 1 fully saturated rings. The van der Waals surface area contributed by atoms with Crippen LogP contribution in [0.3, 0.4) is 0 Å². The van der Waals surface area contributed by atoms with Gasteiger partial charge < -0.3 is 19.9 Å². The topological polar surface area (TPSA) is 92.5 Å². The van der Waals surface area contributed by atoms with Gasteiger partial charge in [0.25, 0.3) is 0 Å². The highest BCUT2D eigenvalue weighted by Crippen LogP contribution is 2.10. The molecule has 2 aromatic heterocycles. The minimum Gasteiger partial charge on any atom is -0.379 e. The van der Waals surface area contributed by atoms with E-state index in [1.807, 2.05) is 24.7 Å². The smallest absolute Gasteiger partial charge is 0.192 e. The number of nitrogens with zero attached hydrogens (tertiary/aromatic N) is 6. The molecule has 0 unspecified atom stereocenters. The van der Waals surface area contributed by atoms with Crippen LogP contribution >= 0.6 is 35.3 Å². The lowest BCUT2D eigenvalue weighted by atomic mass is 10.3. The van der Waals surface area contributed by atoms with Gasteiger partial charge in [-0.3, -0.25) is 4.90 Å².